The van der Waals surface area contributed by atoms with Crippen molar-refractivity contribution in [2.24, 2.45) is 0 Å². The summed E-state index contributed by atoms with van der Waals surface area (Å²) in [6.45, 7) is 4.19. The van der Waals surface area contributed by atoms with Gasteiger partial charge in [0.25, 0.3) is 0 Å². The Morgan fingerprint density at radius 3 is 2.62 bits per heavy atom. The standard InChI is InChI=1S/C10H14ClNS/c1-7(2)6-8(12-3)9-4-5-10(11)13-9/h4-6,8,12H,1-3H3. The van der Waals surface area contributed by atoms with Crippen molar-refractivity contribution in [3.8, 4) is 0 Å². The molecule has 1 aromatic rings. The molecule has 3 heteroatoms. The highest BCUT2D eigenvalue weighted by Gasteiger charge is 2.07. The normalized spacial score (nSPS) is 12.6. The number of rotatable bonds is 3. The van der Waals surface area contributed by atoms with Gasteiger partial charge in [-0.05, 0) is 33.0 Å². The molecule has 1 heterocycles. The van der Waals surface area contributed by atoms with E-state index in [9.17, 15) is 0 Å². The Bertz CT molecular complexity index is 300. The molecule has 0 radical (unpaired) electrons. The van der Waals surface area contributed by atoms with Gasteiger partial charge in [-0.3, -0.25) is 0 Å². The monoisotopic (exact) mass is 215 g/mol. The smallest absolute Gasteiger partial charge is 0.0931 e. The van der Waals surface area contributed by atoms with Crippen LogP contribution in [0.25, 0.3) is 0 Å². The SMILES string of the molecule is CNC(C=C(C)C)c1ccc(Cl)s1. The van der Waals surface area contributed by atoms with Crippen LogP contribution in [0.4, 0.5) is 0 Å². The van der Waals surface area contributed by atoms with Crippen molar-refractivity contribution in [2.45, 2.75) is 19.9 Å². The lowest BCUT2D eigenvalue weighted by atomic mass is 10.2. The van der Waals surface area contributed by atoms with Gasteiger partial charge < -0.3 is 5.32 Å². The molecule has 13 heavy (non-hydrogen) atoms. The summed E-state index contributed by atoms with van der Waals surface area (Å²) in [6, 6.07) is 4.29. The molecule has 0 aliphatic rings. The van der Waals surface area contributed by atoms with Crippen molar-refractivity contribution < 1.29 is 0 Å². The zero-order valence-corrected chi connectivity index (χ0v) is 9.67. The van der Waals surface area contributed by atoms with Gasteiger partial charge >= 0.3 is 0 Å². The highest BCUT2D eigenvalue weighted by molar-refractivity contribution is 7.16. The summed E-state index contributed by atoms with van der Waals surface area (Å²) in [4.78, 5) is 1.26. The van der Waals surface area contributed by atoms with E-state index in [-0.39, 0.29) is 0 Å². The van der Waals surface area contributed by atoms with Crippen molar-refractivity contribution in [1.82, 2.24) is 5.32 Å². The van der Waals surface area contributed by atoms with Crippen LogP contribution in [0, 0.1) is 0 Å². The summed E-state index contributed by atoms with van der Waals surface area (Å²) in [5.41, 5.74) is 1.31. The molecule has 72 valence electrons. The van der Waals surface area contributed by atoms with E-state index in [2.05, 4.69) is 31.3 Å². The summed E-state index contributed by atoms with van der Waals surface area (Å²) in [6.07, 6.45) is 2.20. The van der Waals surface area contributed by atoms with Crippen LogP contribution in [0.1, 0.15) is 24.8 Å². The maximum Gasteiger partial charge on any atom is 0.0931 e. The van der Waals surface area contributed by atoms with Gasteiger partial charge in [0.15, 0.2) is 0 Å². The van der Waals surface area contributed by atoms with Gasteiger partial charge in [-0.2, -0.15) is 0 Å². The second-order valence-corrected chi connectivity index (χ2v) is 4.90. The lowest BCUT2D eigenvalue weighted by Crippen LogP contribution is -2.12. The second-order valence-electron chi connectivity index (χ2n) is 3.15. The van der Waals surface area contributed by atoms with Gasteiger partial charge in [0.1, 0.15) is 0 Å². The van der Waals surface area contributed by atoms with E-state index in [1.165, 1.54) is 10.5 Å². The van der Waals surface area contributed by atoms with Crippen LogP contribution in [0.5, 0.6) is 0 Å². The molecule has 1 unspecified atom stereocenters. The molecule has 1 nitrogen and oxygen atoms in total. The predicted molar refractivity (Wildman–Crippen MR) is 60.6 cm³/mol. The topological polar surface area (TPSA) is 12.0 Å². The van der Waals surface area contributed by atoms with E-state index in [4.69, 9.17) is 11.6 Å². The molecule has 0 aliphatic carbocycles. The third-order valence-electron chi connectivity index (χ3n) is 1.71. The Kier molecular flexibility index (Phi) is 3.97. The molecule has 0 saturated carbocycles. The van der Waals surface area contributed by atoms with Crippen LogP contribution >= 0.6 is 22.9 Å². The maximum absolute atomic E-state index is 5.87. The minimum absolute atomic E-state index is 0.294. The van der Waals surface area contributed by atoms with Gasteiger partial charge in [-0.1, -0.05) is 23.3 Å². The Morgan fingerprint density at radius 2 is 2.23 bits per heavy atom. The first kappa shape index (κ1) is 10.8. The molecule has 0 amide bonds. The number of halogens is 1. The average molecular weight is 216 g/mol. The molecule has 0 spiro atoms. The molecule has 1 aromatic heterocycles. The maximum atomic E-state index is 5.87. The number of hydrogen-bond donors (Lipinski definition) is 1. The molecular formula is C10H14ClNS. The molecule has 1 rings (SSSR count). The number of nitrogens with one attached hydrogen (secondary N) is 1. The molecule has 1 N–H and O–H groups in total. The van der Waals surface area contributed by atoms with Crippen molar-refractivity contribution in [3.63, 3.8) is 0 Å². The third-order valence-corrected chi connectivity index (χ3v) is 3.03. The average Bonchev–Trinajstić information content (AvgIpc) is 2.47. The summed E-state index contributed by atoms with van der Waals surface area (Å²) in [5, 5.41) is 3.24. The molecule has 0 fully saturated rings. The van der Waals surface area contributed by atoms with E-state index < -0.39 is 0 Å². The van der Waals surface area contributed by atoms with Gasteiger partial charge in [0.05, 0.1) is 10.4 Å². The van der Waals surface area contributed by atoms with Crippen molar-refractivity contribution in [2.75, 3.05) is 7.05 Å². The van der Waals surface area contributed by atoms with E-state index in [0.29, 0.717) is 6.04 Å². The van der Waals surface area contributed by atoms with E-state index >= 15 is 0 Å². The Labute approximate surface area is 88.4 Å². The fourth-order valence-corrected chi connectivity index (χ4v) is 2.28. The van der Waals surface area contributed by atoms with Crippen LogP contribution < -0.4 is 5.32 Å². The molecule has 0 aromatic carbocycles. The zero-order valence-electron chi connectivity index (χ0n) is 8.10. The lowest BCUT2D eigenvalue weighted by Gasteiger charge is -2.09. The zero-order chi connectivity index (χ0) is 9.84. The summed E-state index contributed by atoms with van der Waals surface area (Å²) in [7, 11) is 1.96. The Morgan fingerprint density at radius 1 is 1.54 bits per heavy atom. The van der Waals surface area contributed by atoms with Crippen LogP contribution in [0.2, 0.25) is 4.34 Å². The number of thiophene rings is 1. The predicted octanol–water partition coefficient (Wildman–Crippen LogP) is 3.63. The lowest BCUT2D eigenvalue weighted by molar-refractivity contribution is 0.722. The van der Waals surface area contributed by atoms with E-state index in [1.807, 2.05) is 13.1 Å². The first-order chi connectivity index (χ1) is 6.13. The van der Waals surface area contributed by atoms with Crippen LogP contribution in [0.3, 0.4) is 0 Å². The van der Waals surface area contributed by atoms with Gasteiger partial charge in [0.2, 0.25) is 0 Å². The Balaban J connectivity index is 2.84. The molecule has 0 aliphatic heterocycles. The van der Waals surface area contributed by atoms with Crippen LogP contribution in [-0.2, 0) is 0 Å². The highest BCUT2D eigenvalue weighted by atomic mass is 35.5. The first-order valence-electron chi connectivity index (χ1n) is 4.21. The van der Waals surface area contributed by atoms with Crippen molar-refractivity contribution >= 4 is 22.9 Å². The second kappa shape index (κ2) is 4.80. The van der Waals surface area contributed by atoms with Crippen LogP contribution in [-0.4, -0.2) is 7.05 Å². The minimum Gasteiger partial charge on any atom is -0.309 e. The van der Waals surface area contributed by atoms with Gasteiger partial charge in [0, 0.05) is 4.88 Å². The molecule has 0 saturated heterocycles. The summed E-state index contributed by atoms with van der Waals surface area (Å²) >= 11 is 7.49. The highest BCUT2D eigenvalue weighted by Crippen LogP contribution is 2.27. The summed E-state index contributed by atoms with van der Waals surface area (Å²) < 4.78 is 0.845. The number of allylic oxidation sites excluding steroid dienone is 1. The Hall–Kier alpha value is -0.310. The van der Waals surface area contributed by atoms with Crippen molar-refractivity contribution in [1.29, 1.82) is 0 Å². The molecular weight excluding hydrogens is 202 g/mol. The van der Waals surface area contributed by atoms with Crippen LogP contribution in [0.15, 0.2) is 23.8 Å². The largest absolute Gasteiger partial charge is 0.309 e. The number of likely N-dealkylation sites (N-methyl/N-ethyl adjacent to an activating group) is 1. The fraction of sp³-hybridized carbons (Fsp3) is 0.400. The van der Waals surface area contributed by atoms with E-state index in [0.717, 1.165) is 4.34 Å². The number of hydrogen-bond acceptors (Lipinski definition) is 2. The van der Waals surface area contributed by atoms with Gasteiger partial charge in [-0.15, -0.1) is 11.3 Å². The molecule has 1 atom stereocenters. The van der Waals surface area contributed by atoms with Crippen molar-refractivity contribution in [3.05, 3.63) is 33.0 Å². The minimum atomic E-state index is 0.294. The first-order valence-corrected chi connectivity index (χ1v) is 5.40. The van der Waals surface area contributed by atoms with E-state index in [1.54, 1.807) is 11.3 Å². The molecule has 0 bridgehead atoms. The fourth-order valence-electron chi connectivity index (χ4n) is 1.14. The van der Waals surface area contributed by atoms with Gasteiger partial charge in [-0.25, -0.2) is 0 Å². The summed E-state index contributed by atoms with van der Waals surface area (Å²) in [5.74, 6) is 0. The third kappa shape index (κ3) is 3.14. The quantitative estimate of drug-likeness (QED) is 0.760.